The first-order valence-electron chi connectivity index (χ1n) is 21.4. The highest BCUT2D eigenvalue weighted by Crippen LogP contribution is 2.55. The number of para-hydroxylation sites is 1. The van der Waals surface area contributed by atoms with Crippen LogP contribution in [0.5, 0.6) is 28.7 Å². The van der Waals surface area contributed by atoms with Crippen molar-refractivity contribution in [3.8, 4) is 51.6 Å². The third kappa shape index (κ3) is 6.82. The number of fused-ring (bicyclic) bond motifs is 7. The van der Waals surface area contributed by atoms with Crippen molar-refractivity contribution in [3.05, 3.63) is 142 Å². The van der Waals surface area contributed by atoms with Crippen LogP contribution in [-0.2, 0) is 22.0 Å². The van der Waals surface area contributed by atoms with Crippen molar-refractivity contribution in [2.24, 2.45) is 18.9 Å². The molecule has 8 aromatic rings. The number of nitriles is 1. The van der Waals surface area contributed by atoms with Gasteiger partial charge in [-0.2, -0.15) is 5.26 Å². The molecule has 4 atom stereocenters. The van der Waals surface area contributed by atoms with Crippen molar-refractivity contribution >= 4 is 38.8 Å². The van der Waals surface area contributed by atoms with Crippen LogP contribution in [0, 0.1) is 23.2 Å². The predicted octanol–water partition coefficient (Wildman–Crippen LogP) is 8.30. The average molecular weight is 884 g/mol. The lowest BCUT2D eigenvalue weighted by Gasteiger charge is -2.37. The Kier molecular flexibility index (Phi) is 10.4. The van der Waals surface area contributed by atoms with Gasteiger partial charge in [0.05, 0.1) is 85.4 Å². The van der Waals surface area contributed by atoms with Crippen LogP contribution in [0.1, 0.15) is 48.1 Å². The molecule has 332 valence electrons. The molecule has 5 aromatic carbocycles. The van der Waals surface area contributed by atoms with Crippen LogP contribution in [0.2, 0.25) is 0 Å². The maximum Gasteiger partial charge on any atom is 0.333 e. The quantitative estimate of drug-likeness (QED) is 0.152. The lowest BCUT2D eigenvalue weighted by atomic mass is 9.66. The van der Waals surface area contributed by atoms with E-state index in [1.807, 2.05) is 92.8 Å². The maximum atomic E-state index is 13.4. The van der Waals surface area contributed by atoms with Gasteiger partial charge in [0.15, 0.2) is 23.0 Å². The number of aryl methyl sites for hydroxylation is 1. The molecule has 1 fully saturated rings. The number of methoxy groups -OCH3 is 3. The molecule has 1 aliphatic carbocycles. The molecule has 0 radical (unpaired) electrons. The number of aliphatic hydroxyl groups excluding tert-OH is 1. The van der Waals surface area contributed by atoms with Gasteiger partial charge in [-0.05, 0) is 102 Å². The van der Waals surface area contributed by atoms with Gasteiger partial charge in [-0.1, -0.05) is 36.4 Å². The Morgan fingerprint density at radius 1 is 0.788 bits per heavy atom. The zero-order chi connectivity index (χ0) is 46.0. The van der Waals surface area contributed by atoms with Crippen molar-refractivity contribution in [3.63, 3.8) is 0 Å². The fourth-order valence-corrected chi connectivity index (χ4v) is 9.55. The summed E-state index contributed by atoms with van der Waals surface area (Å²) in [6.45, 7) is 4.06. The molecule has 3 aliphatic rings. The first-order valence-corrected chi connectivity index (χ1v) is 21.4. The number of nitrogens with zero attached hydrogens (tertiary/aromatic N) is 5. The first-order chi connectivity index (χ1) is 31.9. The summed E-state index contributed by atoms with van der Waals surface area (Å²) in [6.07, 6.45) is 2.79. The van der Waals surface area contributed by atoms with Gasteiger partial charge in [-0.25, -0.2) is 4.79 Å². The number of hydrogen-bond acceptors (Lipinski definition) is 12. The number of carbonyl (C=O) groups excluding carboxylic acids is 1. The summed E-state index contributed by atoms with van der Waals surface area (Å²) in [7, 11) is 6.39. The molecular formula is C52H45N5O9. The van der Waals surface area contributed by atoms with Gasteiger partial charge in [0.25, 0.3) is 0 Å². The van der Waals surface area contributed by atoms with Crippen LogP contribution in [0.25, 0.3) is 49.7 Å². The number of aliphatic hydroxyl groups is 1. The molecule has 11 rings (SSSR count). The van der Waals surface area contributed by atoms with Gasteiger partial charge in [0.2, 0.25) is 12.5 Å². The van der Waals surface area contributed by atoms with Gasteiger partial charge in [0, 0.05) is 41.4 Å². The third-order valence-electron chi connectivity index (χ3n) is 13.1. The number of carbonyl (C=O) groups is 1. The lowest BCUT2D eigenvalue weighted by molar-refractivity contribution is -0.141. The van der Waals surface area contributed by atoms with Gasteiger partial charge in [-0.3, -0.25) is 23.9 Å². The maximum absolute atomic E-state index is 13.4. The monoisotopic (exact) mass is 883 g/mol. The summed E-state index contributed by atoms with van der Waals surface area (Å²) in [5, 5.41) is 22.5. The lowest BCUT2D eigenvalue weighted by Crippen LogP contribution is -2.34. The van der Waals surface area contributed by atoms with Crippen molar-refractivity contribution in [2.45, 2.75) is 31.3 Å². The second-order valence-corrected chi connectivity index (χ2v) is 17.1. The van der Waals surface area contributed by atoms with E-state index in [0.29, 0.717) is 34.3 Å². The first kappa shape index (κ1) is 42.1. The number of imidazole rings is 1. The Morgan fingerprint density at radius 2 is 1.48 bits per heavy atom. The molecular weight excluding hydrogens is 839 g/mol. The van der Waals surface area contributed by atoms with E-state index in [1.165, 1.54) is 7.11 Å². The zero-order valence-corrected chi connectivity index (χ0v) is 37.1. The summed E-state index contributed by atoms with van der Waals surface area (Å²) in [6, 6.07) is 33.6. The van der Waals surface area contributed by atoms with Gasteiger partial charge >= 0.3 is 11.7 Å². The Hall–Kier alpha value is -7.89. The molecule has 0 spiro atoms. The molecule has 66 heavy (non-hydrogen) atoms. The summed E-state index contributed by atoms with van der Waals surface area (Å²) in [4.78, 5) is 35.4. The number of pyridine rings is 2. The van der Waals surface area contributed by atoms with Crippen LogP contribution in [-0.4, -0.2) is 64.9 Å². The van der Waals surface area contributed by atoms with E-state index in [0.717, 1.165) is 66.3 Å². The van der Waals surface area contributed by atoms with Gasteiger partial charge in [-0.15, -0.1) is 0 Å². The topological polar surface area (TPSA) is 169 Å². The highest BCUT2D eigenvalue weighted by atomic mass is 16.7. The molecule has 3 aromatic heterocycles. The fraction of sp³-hybridized carbons (Fsp3) is 0.250. The minimum atomic E-state index is -0.843. The van der Waals surface area contributed by atoms with Crippen molar-refractivity contribution in [2.75, 3.05) is 34.7 Å². The highest BCUT2D eigenvalue weighted by Gasteiger charge is 2.52. The molecule has 0 saturated carbocycles. The van der Waals surface area contributed by atoms with Crippen molar-refractivity contribution in [1.29, 1.82) is 5.26 Å². The Bertz CT molecular complexity index is 3330. The van der Waals surface area contributed by atoms with E-state index in [-0.39, 0.29) is 36.9 Å². The van der Waals surface area contributed by atoms with Gasteiger partial charge < -0.3 is 33.5 Å². The second kappa shape index (κ2) is 16.3. The smallest absolute Gasteiger partial charge is 0.333 e. The normalized spacial score (nSPS) is 18.2. The van der Waals surface area contributed by atoms with E-state index in [9.17, 15) is 20.0 Å². The average Bonchev–Trinajstić information content (AvgIpc) is 4.05. The van der Waals surface area contributed by atoms with Crippen LogP contribution in [0.3, 0.4) is 0 Å². The number of rotatable bonds is 7. The summed E-state index contributed by atoms with van der Waals surface area (Å²) >= 11 is 0. The van der Waals surface area contributed by atoms with Crippen LogP contribution in [0.15, 0.2) is 114 Å². The van der Waals surface area contributed by atoms with E-state index in [1.54, 1.807) is 42.7 Å². The van der Waals surface area contributed by atoms with E-state index in [4.69, 9.17) is 28.4 Å². The zero-order valence-electron chi connectivity index (χ0n) is 37.1. The molecule has 14 heteroatoms. The van der Waals surface area contributed by atoms with Crippen LogP contribution >= 0.6 is 0 Å². The molecule has 1 N–H and O–H groups in total. The minimum absolute atomic E-state index is 0.123. The standard InChI is InChI=1S/C30H23N5O.C22H22O8/c1-30(2,18-31)22-9-11-23(12-10-22)35-28-24-15-19(21-14-20-6-4-5-7-25(20)32-16-21)8-13-26(24)33-17-27(28)34(3)29(35)36;1-25-16-4-10(5-17(26-2)21(16)27-3)18-11-6-14-15(30-9-29-14)7-12(11)20(23)13-8-28-22(24)19(13)18/h4-17H,1-3H3;4-7,13,18-20,23H,8-9H2,1-3H3/t;13-,18+,19+,20-/m.0/s1. The number of hydrogen-bond donors (Lipinski definition) is 1. The van der Waals surface area contributed by atoms with E-state index < -0.39 is 17.4 Å². The Morgan fingerprint density at radius 3 is 2.18 bits per heavy atom. The molecule has 0 bridgehead atoms. The number of benzene rings is 5. The van der Waals surface area contributed by atoms with E-state index >= 15 is 0 Å². The van der Waals surface area contributed by atoms with E-state index in [2.05, 4.69) is 34.2 Å². The molecule has 5 heterocycles. The minimum Gasteiger partial charge on any atom is -0.493 e. The molecule has 0 amide bonds. The predicted molar refractivity (Wildman–Crippen MR) is 247 cm³/mol. The van der Waals surface area contributed by atoms with Crippen molar-refractivity contribution < 1.29 is 38.3 Å². The molecule has 1 saturated heterocycles. The highest BCUT2D eigenvalue weighted by molar-refractivity contribution is 6.05. The van der Waals surface area contributed by atoms with Crippen molar-refractivity contribution in [1.82, 2.24) is 19.1 Å². The summed E-state index contributed by atoms with van der Waals surface area (Å²) in [5.41, 5.74) is 8.50. The Balaban J connectivity index is 0.000000158. The summed E-state index contributed by atoms with van der Waals surface area (Å²) < 4.78 is 36.2. The number of aromatic nitrogens is 4. The van der Waals surface area contributed by atoms with Crippen LogP contribution < -0.4 is 29.4 Å². The second-order valence-electron chi connectivity index (χ2n) is 17.1. The van der Waals surface area contributed by atoms with Gasteiger partial charge in [0.1, 0.15) is 0 Å². The largest absolute Gasteiger partial charge is 0.493 e. The third-order valence-corrected chi connectivity index (χ3v) is 13.1. The fourth-order valence-electron chi connectivity index (χ4n) is 9.55. The molecule has 0 unspecified atom stereocenters. The summed E-state index contributed by atoms with van der Waals surface area (Å²) in [5.74, 6) is 0.989. The molecule has 14 nitrogen and oxygen atoms in total. The number of cyclic esters (lactones) is 1. The SMILES string of the molecule is COc1cc([C@@H]2c3cc4c(cc3[C@H](O)[C@H]3COC(=O)[C@@H]23)OCO4)cc(OC)c1OC.Cn1c(=O)n(-c2ccc(C(C)(C)C#N)cc2)c2c3cc(-c4cnc5ccccc5c4)ccc3ncc21. The number of ether oxygens (including phenoxy) is 6. The molecule has 2 aliphatic heterocycles. The Labute approximate surface area is 379 Å². The number of esters is 1. The van der Waals surface area contributed by atoms with Crippen LogP contribution in [0.4, 0.5) is 0 Å².